The van der Waals surface area contributed by atoms with E-state index < -0.39 is 0 Å². The lowest BCUT2D eigenvalue weighted by atomic mass is 10.3. The van der Waals surface area contributed by atoms with Crippen LogP contribution in [0.1, 0.15) is 12.2 Å². The lowest BCUT2D eigenvalue weighted by Crippen LogP contribution is -2.21. The summed E-state index contributed by atoms with van der Waals surface area (Å²) in [5, 5.41) is 7.95. The van der Waals surface area contributed by atoms with Crippen molar-refractivity contribution in [2.75, 3.05) is 20.1 Å². The summed E-state index contributed by atoms with van der Waals surface area (Å²) in [4.78, 5) is 6.49. The van der Waals surface area contributed by atoms with Crippen molar-refractivity contribution in [1.82, 2.24) is 15.0 Å². The highest BCUT2D eigenvalue weighted by molar-refractivity contribution is 7.08. The van der Waals surface area contributed by atoms with Gasteiger partial charge in [-0.3, -0.25) is 4.90 Å². The predicted octanol–water partition coefficient (Wildman–Crippen LogP) is 1.58. The topological polar surface area (TPSA) is 68.2 Å². The molecule has 2 heterocycles. The Balaban J connectivity index is 1.94. The second-order valence-corrected chi connectivity index (χ2v) is 4.69. The van der Waals surface area contributed by atoms with Crippen LogP contribution < -0.4 is 5.73 Å². The van der Waals surface area contributed by atoms with Gasteiger partial charge >= 0.3 is 0 Å². The number of hydrogen-bond donors (Lipinski definition) is 1. The van der Waals surface area contributed by atoms with E-state index in [9.17, 15) is 0 Å². The molecule has 0 fully saturated rings. The van der Waals surface area contributed by atoms with Crippen LogP contribution in [0.25, 0.3) is 11.5 Å². The molecule has 0 aliphatic carbocycles. The number of hydrogen-bond acceptors (Lipinski definition) is 6. The van der Waals surface area contributed by atoms with Gasteiger partial charge in [-0.25, -0.2) is 0 Å². The van der Waals surface area contributed by atoms with Crippen molar-refractivity contribution in [3.63, 3.8) is 0 Å². The van der Waals surface area contributed by atoms with E-state index in [4.69, 9.17) is 10.3 Å². The standard InChI is InChI=1S/C11H16N4OS/c1-15(5-2-4-12)7-10-13-11(16-14-10)9-3-6-17-8-9/h3,6,8H,2,4-5,7,12H2,1H3. The Labute approximate surface area is 104 Å². The van der Waals surface area contributed by atoms with E-state index in [1.165, 1.54) is 0 Å². The Bertz CT molecular complexity index is 440. The van der Waals surface area contributed by atoms with Crippen LogP contribution in [0.3, 0.4) is 0 Å². The van der Waals surface area contributed by atoms with Crippen molar-refractivity contribution in [1.29, 1.82) is 0 Å². The summed E-state index contributed by atoms with van der Waals surface area (Å²) >= 11 is 1.62. The van der Waals surface area contributed by atoms with Gasteiger partial charge in [0.15, 0.2) is 5.82 Å². The second kappa shape index (κ2) is 5.90. The number of thiophene rings is 1. The first-order chi connectivity index (χ1) is 8.29. The number of nitrogens with zero attached hydrogens (tertiary/aromatic N) is 3. The van der Waals surface area contributed by atoms with Gasteiger partial charge in [-0.1, -0.05) is 5.16 Å². The van der Waals surface area contributed by atoms with Gasteiger partial charge in [-0.2, -0.15) is 16.3 Å². The monoisotopic (exact) mass is 252 g/mol. The quantitative estimate of drug-likeness (QED) is 0.845. The molecule has 0 unspecified atom stereocenters. The van der Waals surface area contributed by atoms with E-state index in [1.807, 2.05) is 23.9 Å². The van der Waals surface area contributed by atoms with Crippen LogP contribution in [0.5, 0.6) is 0 Å². The molecule has 0 amide bonds. The van der Waals surface area contributed by atoms with Gasteiger partial charge in [0.1, 0.15) is 0 Å². The Morgan fingerprint density at radius 2 is 2.41 bits per heavy atom. The summed E-state index contributed by atoms with van der Waals surface area (Å²) in [6.07, 6.45) is 0.978. The van der Waals surface area contributed by atoms with Crippen molar-refractivity contribution >= 4 is 11.3 Å². The maximum atomic E-state index is 5.46. The van der Waals surface area contributed by atoms with Gasteiger partial charge in [0.25, 0.3) is 5.89 Å². The molecule has 2 rings (SSSR count). The van der Waals surface area contributed by atoms with Gasteiger partial charge in [-0.05, 0) is 38.0 Å². The molecule has 2 aromatic heterocycles. The van der Waals surface area contributed by atoms with Crippen molar-refractivity contribution in [2.24, 2.45) is 5.73 Å². The molecule has 0 saturated heterocycles. The van der Waals surface area contributed by atoms with E-state index in [0.29, 0.717) is 24.8 Å². The fourth-order valence-corrected chi connectivity index (χ4v) is 2.13. The zero-order valence-corrected chi connectivity index (χ0v) is 10.6. The smallest absolute Gasteiger partial charge is 0.258 e. The van der Waals surface area contributed by atoms with Crippen LogP contribution in [-0.4, -0.2) is 35.2 Å². The van der Waals surface area contributed by atoms with Gasteiger partial charge in [-0.15, -0.1) is 0 Å². The third kappa shape index (κ3) is 3.36. The molecule has 0 aromatic carbocycles. The Morgan fingerprint density at radius 1 is 1.53 bits per heavy atom. The molecule has 0 spiro atoms. The van der Waals surface area contributed by atoms with Crippen molar-refractivity contribution in [3.8, 4) is 11.5 Å². The van der Waals surface area contributed by atoms with Crippen molar-refractivity contribution in [3.05, 3.63) is 22.7 Å². The maximum absolute atomic E-state index is 5.46. The fourth-order valence-electron chi connectivity index (χ4n) is 1.50. The summed E-state index contributed by atoms with van der Waals surface area (Å²) in [7, 11) is 2.02. The van der Waals surface area contributed by atoms with E-state index >= 15 is 0 Å². The van der Waals surface area contributed by atoms with Gasteiger partial charge in [0.2, 0.25) is 0 Å². The van der Waals surface area contributed by atoms with E-state index in [0.717, 1.165) is 18.5 Å². The minimum atomic E-state index is 0.591. The van der Waals surface area contributed by atoms with Crippen LogP contribution in [0.15, 0.2) is 21.3 Å². The highest BCUT2D eigenvalue weighted by Gasteiger charge is 2.10. The fraction of sp³-hybridized carbons (Fsp3) is 0.455. The Morgan fingerprint density at radius 3 is 3.12 bits per heavy atom. The lowest BCUT2D eigenvalue weighted by Gasteiger charge is -2.12. The first-order valence-corrected chi connectivity index (χ1v) is 6.47. The van der Waals surface area contributed by atoms with Gasteiger partial charge in [0, 0.05) is 5.38 Å². The average molecular weight is 252 g/mol. The molecular formula is C11H16N4OS. The number of nitrogens with two attached hydrogens (primary N) is 1. The normalized spacial score (nSPS) is 11.2. The minimum absolute atomic E-state index is 0.591. The molecule has 0 atom stereocenters. The summed E-state index contributed by atoms with van der Waals surface area (Å²) in [5.74, 6) is 1.30. The van der Waals surface area contributed by atoms with Crippen LogP contribution in [0.4, 0.5) is 0 Å². The molecule has 0 bridgehead atoms. The molecule has 5 nitrogen and oxygen atoms in total. The SMILES string of the molecule is CN(CCCN)Cc1noc(-c2ccsc2)n1. The highest BCUT2D eigenvalue weighted by atomic mass is 32.1. The molecule has 92 valence electrons. The first-order valence-electron chi connectivity index (χ1n) is 5.53. The molecule has 6 heteroatoms. The highest BCUT2D eigenvalue weighted by Crippen LogP contribution is 2.19. The Kier molecular flexibility index (Phi) is 4.24. The zero-order chi connectivity index (χ0) is 12.1. The van der Waals surface area contributed by atoms with E-state index in [2.05, 4.69) is 15.0 Å². The summed E-state index contributed by atoms with van der Waals surface area (Å²) in [6, 6.07) is 1.97. The van der Waals surface area contributed by atoms with E-state index in [1.54, 1.807) is 11.3 Å². The maximum Gasteiger partial charge on any atom is 0.258 e. The molecule has 17 heavy (non-hydrogen) atoms. The van der Waals surface area contributed by atoms with Gasteiger partial charge in [0.05, 0.1) is 12.1 Å². The molecule has 0 aliphatic heterocycles. The molecule has 0 radical (unpaired) electrons. The molecule has 0 aliphatic rings. The van der Waals surface area contributed by atoms with Gasteiger partial charge < -0.3 is 10.3 Å². The predicted molar refractivity (Wildman–Crippen MR) is 67.6 cm³/mol. The average Bonchev–Trinajstić information content (AvgIpc) is 2.95. The summed E-state index contributed by atoms with van der Waals surface area (Å²) in [6.45, 7) is 2.34. The summed E-state index contributed by atoms with van der Waals surface area (Å²) in [5.41, 5.74) is 6.45. The number of rotatable bonds is 6. The largest absolute Gasteiger partial charge is 0.334 e. The molecular weight excluding hydrogens is 236 g/mol. The minimum Gasteiger partial charge on any atom is -0.334 e. The number of aromatic nitrogens is 2. The molecule has 2 N–H and O–H groups in total. The van der Waals surface area contributed by atoms with Crippen LogP contribution in [0, 0.1) is 0 Å². The summed E-state index contributed by atoms with van der Waals surface area (Å²) < 4.78 is 5.21. The van der Waals surface area contributed by atoms with Crippen LogP contribution >= 0.6 is 11.3 Å². The van der Waals surface area contributed by atoms with Crippen LogP contribution in [0.2, 0.25) is 0 Å². The molecule has 2 aromatic rings. The van der Waals surface area contributed by atoms with Crippen LogP contribution in [-0.2, 0) is 6.54 Å². The second-order valence-electron chi connectivity index (χ2n) is 3.91. The first kappa shape index (κ1) is 12.2. The third-order valence-corrected chi connectivity index (χ3v) is 3.07. The third-order valence-electron chi connectivity index (χ3n) is 2.39. The molecule has 0 saturated carbocycles. The van der Waals surface area contributed by atoms with Crippen molar-refractivity contribution < 1.29 is 4.52 Å². The Hall–Kier alpha value is -1.24. The zero-order valence-electron chi connectivity index (χ0n) is 9.80. The van der Waals surface area contributed by atoms with E-state index in [-0.39, 0.29) is 0 Å². The van der Waals surface area contributed by atoms with Crippen molar-refractivity contribution in [2.45, 2.75) is 13.0 Å². The lowest BCUT2D eigenvalue weighted by molar-refractivity contribution is 0.307.